The van der Waals surface area contributed by atoms with E-state index in [1.165, 1.54) is 11.8 Å². The van der Waals surface area contributed by atoms with Crippen LogP contribution in [-0.2, 0) is 14.4 Å². The summed E-state index contributed by atoms with van der Waals surface area (Å²) in [6, 6.07) is -1.04. The molecule has 3 atom stereocenters. The lowest BCUT2D eigenvalue weighted by Crippen LogP contribution is -2.34. The van der Waals surface area contributed by atoms with Gasteiger partial charge in [-0.2, -0.15) is 0 Å². The van der Waals surface area contributed by atoms with Crippen molar-refractivity contribution in [1.82, 2.24) is 0 Å². The van der Waals surface area contributed by atoms with E-state index in [2.05, 4.69) is 0 Å². The lowest BCUT2D eigenvalue weighted by molar-refractivity contribution is -0.138. The molecule has 0 aromatic rings. The van der Waals surface area contributed by atoms with Gasteiger partial charge in [-0.05, 0) is 38.5 Å². The van der Waals surface area contributed by atoms with Gasteiger partial charge in [0.15, 0.2) is 0 Å². The molecule has 0 unspecified atom stereocenters. The Morgan fingerprint density at radius 3 is 2.16 bits per heavy atom. The van der Waals surface area contributed by atoms with Crippen LogP contribution < -0.4 is 5.73 Å². The highest BCUT2D eigenvalue weighted by Gasteiger charge is 2.20. The van der Waals surface area contributed by atoms with Crippen LogP contribution in [0.1, 0.15) is 51.4 Å². The normalized spacial score (nSPS) is 15.1. The van der Waals surface area contributed by atoms with Crippen LogP contribution in [0.3, 0.4) is 0 Å². The molecule has 0 bridgehead atoms. The quantitative estimate of drug-likeness (QED) is 0.109. The Labute approximate surface area is 193 Å². The lowest BCUT2D eigenvalue weighted by Gasteiger charge is -2.20. The Hall–Kier alpha value is -2.36. The van der Waals surface area contributed by atoms with Crippen molar-refractivity contribution in [3.05, 3.63) is 48.6 Å². The van der Waals surface area contributed by atoms with Crippen LogP contribution >= 0.6 is 11.8 Å². The van der Waals surface area contributed by atoms with Gasteiger partial charge in [0.05, 0.1) is 6.10 Å². The molecule has 0 aromatic carbocycles. The Bertz CT molecular complexity index is 673. The molecular formula is C23H35NO7S. The van der Waals surface area contributed by atoms with E-state index in [9.17, 15) is 19.5 Å². The number of allylic oxidation sites excluding steroid dienone is 7. The van der Waals surface area contributed by atoms with Crippen molar-refractivity contribution in [1.29, 1.82) is 0 Å². The van der Waals surface area contributed by atoms with Crippen molar-refractivity contribution < 1.29 is 34.8 Å². The van der Waals surface area contributed by atoms with Crippen molar-refractivity contribution in [2.75, 3.05) is 5.75 Å². The molecule has 0 aliphatic rings. The molecule has 6 N–H and O–H groups in total. The first-order valence-electron chi connectivity index (χ1n) is 10.6. The van der Waals surface area contributed by atoms with Crippen molar-refractivity contribution in [2.45, 2.75) is 68.8 Å². The van der Waals surface area contributed by atoms with E-state index in [-0.39, 0.29) is 18.6 Å². The number of aliphatic hydroxyl groups is 1. The minimum absolute atomic E-state index is 0.0335. The number of unbranched alkanes of at least 4 members (excludes halogenated alkanes) is 2. The van der Waals surface area contributed by atoms with Crippen LogP contribution in [0.2, 0.25) is 0 Å². The SMILES string of the molecule is N[C@@H](CS[C@H](/C=C/C=C/C=C\C/C=C\CCCCC(=O)O)[C@@H](O)CCCC(=O)O)C(=O)O. The highest BCUT2D eigenvalue weighted by molar-refractivity contribution is 8.00. The van der Waals surface area contributed by atoms with Gasteiger partial charge >= 0.3 is 17.9 Å². The molecule has 0 aliphatic heterocycles. The maximum atomic E-state index is 10.9. The van der Waals surface area contributed by atoms with E-state index >= 15 is 0 Å². The van der Waals surface area contributed by atoms with E-state index in [1.807, 2.05) is 30.4 Å². The highest BCUT2D eigenvalue weighted by atomic mass is 32.2. The number of carboxylic acid groups (broad SMARTS) is 3. The van der Waals surface area contributed by atoms with E-state index in [0.29, 0.717) is 19.3 Å². The molecule has 0 saturated carbocycles. The fourth-order valence-electron chi connectivity index (χ4n) is 2.50. The summed E-state index contributed by atoms with van der Waals surface area (Å²) in [7, 11) is 0. The average molecular weight is 470 g/mol. The van der Waals surface area contributed by atoms with Crippen LogP contribution in [0.4, 0.5) is 0 Å². The molecule has 8 nitrogen and oxygen atoms in total. The Kier molecular flexibility index (Phi) is 17.9. The third kappa shape index (κ3) is 18.4. The van der Waals surface area contributed by atoms with Gasteiger partial charge in [-0.25, -0.2) is 0 Å². The van der Waals surface area contributed by atoms with Gasteiger partial charge in [-0.3, -0.25) is 14.4 Å². The first kappa shape index (κ1) is 29.6. The predicted octanol–water partition coefficient (Wildman–Crippen LogP) is 3.38. The second kappa shape index (κ2) is 19.3. The summed E-state index contributed by atoms with van der Waals surface area (Å²) in [6.45, 7) is 0. The van der Waals surface area contributed by atoms with Gasteiger partial charge in [0.2, 0.25) is 0 Å². The van der Waals surface area contributed by atoms with E-state index < -0.39 is 35.3 Å². The van der Waals surface area contributed by atoms with E-state index in [1.54, 1.807) is 18.2 Å². The monoisotopic (exact) mass is 469 g/mol. The predicted molar refractivity (Wildman–Crippen MR) is 127 cm³/mol. The van der Waals surface area contributed by atoms with Crippen LogP contribution in [-0.4, -0.2) is 61.5 Å². The third-order valence-electron chi connectivity index (χ3n) is 4.28. The van der Waals surface area contributed by atoms with Crippen molar-refractivity contribution in [3.63, 3.8) is 0 Å². The molecule has 0 radical (unpaired) electrons. The summed E-state index contributed by atoms with van der Waals surface area (Å²) in [5.41, 5.74) is 5.53. The smallest absolute Gasteiger partial charge is 0.321 e. The van der Waals surface area contributed by atoms with Gasteiger partial charge in [0, 0.05) is 23.8 Å². The number of aliphatic carboxylic acids is 3. The van der Waals surface area contributed by atoms with Crippen LogP contribution in [0.15, 0.2) is 48.6 Å². The van der Waals surface area contributed by atoms with Crippen molar-refractivity contribution in [2.24, 2.45) is 5.73 Å². The van der Waals surface area contributed by atoms with Gasteiger partial charge < -0.3 is 26.2 Å². The second-order valence-electron chi connectivity index (χ2n) is 7.14. The summed E-state index contributed by atoms with van der Waals surface area (Å²) in [5, 5.41) is 36.1. The largest absolute Gasteiger partial charge is 0.481 e. The van der Waals surface area contributed by atoms with Gasteiger partial charge in [-0.1, -0.05) is 48.6 Å². The number of aliphatic hydroxyl groups excluding tert-OH is 1. The molecule has 0 amide bonds. The molecule has 0 saturated heterocycles. The standard InChI is InChI=1S/C23H35NO7S/c24-18(23(30)31)17-32-20(19(25)13-12-16-22(28)29)14-10-8-6-4-2-1-3-5-7-9-11-15-21(26)27/h2-6,8,10,14,18-20,25H,1,7,9,11-13,15-17,24H2,(H,26,27)(H,28,29)(H,30,31)/b4-2-,5-3-,8-6+,14-10+/t18-,19-,20+/m0/s1. The minimum atomic E-state index is -1.11. The number of carbonyl (C=O) groups is 3. The maximum Gasteiger partial charge on any atom is 0.321 e. The number of thioether (sulfide) groups is 1. The van der Waals surface area contributed by atoms with Crippen LogP contribution in [0.5, 0.6) is 0 Å². The third-order valence-corrected chi connectivity index (χ3v) is 5.68. The van der Waals surface area contributed by atoms with Gasteiger partial charge in [0.1, 0.15) is 6.04 Å². The van der Waals surface area contributed by atoms with Crippen LogP contribution in [0, 0.1) is 0 Å². The summed E-state index contributed by atoms with van der Waals surface area (Å²) in [6.07, 6.45) is 18.2. The maximum absolute atomic E-state index is 10.9. The van der Waals surface area contributed by atoms with Crippen LogP contribution in [0.25, 0.3) is 0 Å². The molecule has 0 rings (SSSR count). The molecule has 9 heteroatoms. The zero-order chi connectivity index (χ0) is 24.2. The zero-order valence-electron chi connectivity index (χ0n) is 18.2. The Morgan fingerprint density at radius 2 is 1.50 bits per heavy atom. The fourth-order valence-corrected chi connectivity index (χ4v) is 3.63. The summed E-state index contributed by atoms with van der Waals surface area (Å²) < 4.78 is 0. The fraction of sp³-hybridized carbons (Fsp3) is 0.522. The van der Waals surface area contributed by atoms with Crippen molar-refractivity contribution >= 4 is 29.7 Å². The summed E-state index contributed by atoms with van der Waals surface area (Å²) >= 11 is 1.23. The number of hydrogen-bond donors (Lipinski definition) is 5. The van der Waals surface area contributed by atoms with Gasteiger partial charge in [0.25, 0.3) is 0 Å². The zero-order valence-corrected chi connectivity index (χ0v) is 19.0. The van der Waals surface area contributed by atoms with E-state index in [4.69, 9.17) is 21.1 Å². The number of rotatable bonds is 19. The molecule has 0 aliphatic carbocycles. The molecule has 0 spiro atoms. The molecular weight excluding hydrogens is 434 g/mol. The van der Waals surface area contributed by atoms with Gasteiger partial charge in [-0.15, -0.1) is 11.8 Å². The molecule has 32 heavy (non-hydrogen) atoms. The molecule has 180 valence electrons. The molecule has 0 aromatic heterocycles. The second-order valence-corrected chi connectivity index (χ2v) is 8.35. The van der Waals surface area contributed by atoms with E-state index in [0.717, 1.165) is 19.3 Å². The average Bonchev–Trinajstić information content (AvgIpc) is 2.72. The van der Waals surface area contributed by atoms with Crippen molar-refractivity contribution in [3.8, 4) is 0 Å². The Balaban J connectivity index is 4.44. The number of carboxylic acids is 3. The molecule has 0 heterocycles. The Morgan fingerprint density at radius 1 is 0.844 bits per heavy atom. The summed E-state index contributed by atoms with van der Waals surface area (Å²) in [5.74, 6) is -2.67. The first-order chi connectivity index (χ1) is 15.2. The minimum Gasteiger partial charge on any atom is -0.481 e. The lowest BCUT2D eigenvalue weighted by atomic mass is 10.1. The molecule has 0 fully saturated rings. The topological polar surface area (TPSA) is 158 Å². The first-order valence-corrected chi connectivity index (χ1v) is 11.7. The summed E-state index contributed by atoms with van der Waals surface area (Å²) in [4.78, 5) is 31.9. The number of nitrogens with two attached hydrogens (primary N) is 1. The highest BCUT2D eigenvalue weighted by Crippen LogP contribution is 2.21. The number of hydrogen-bond acceptors (Lipinski definition) is 6.